The van der Waals surface area contributed by atoms with Crippen LogP contribution in [0, 0.1) is 0 Å². The van der Waals surface area contributed by atoms with Gasteiger partial charge in [0.1, 0.15) is 5.75 Å². The number of carbonyl (C=O) groups is 2. The molecule has 6 heteroatoms. The topological polar surface area (TPSA) is 87.7 Å². The molecule has 96 valence electrons. The molecule has 1 aromatic rings. The number of esters is 1. The lowest BCUT2D eigenvalue weighted by Gasteiger charge is -2.08. The zero-order chi connectivity index (χ0) is 13.5. The van der Waals surface area contributed by atoms with Gasteiger partial charge in [0.05, 0.1) is 0 Å². The van der Waals surface area contributed by atoms with Crippen LogP contribution in [0.4, 0.5) is 10.5 Å². The van der Waals surface area contributed by atoms with E-state index >= 15 is 0 Å². The Bertz CT molecular complexity index is 454. The van der Waals surface area contributed by atoms with E-state index in [0.29, 0.717) is 5.69 Å². The van der Waals surface area contributed by atoms with Crippen LogP contribution < -0.4 is 10.6 Å². The number of urea groups is 1. The number of hydrogen-bond acceptors (Lipinski definition) is 4. The normalized spacial score (nSPS) is 9.39. The Kier molecular flexibility index (Phi) is 4.74. The third-order valence-electron chi connectivity index (χ3n) is 1.91. The Morgan fingerprint density at radius 1 is 1.33 bits per heavy atom. The molecule has 0 unspecified atom stereocenters. The number of hydrogen-bond donors (Lipinski definition) is 3. The summed E-state index contributed by atoms with van der Waals surface area (Å²) in [4.78, 5) is 22.3. The van der Waals surface area contributed by atoms with Gasteiger partial charge in [-0.05, 0) is 31.2 Å². The van der Waals surface area contributed by atoms with Crippen molar-refractivity contribution < 1.29 is 19.4 Å². The number of benzene rings is 1. The van der Waals surface area contributed by atoms with Crippen LogP contribution in [-0.4, -0.2) is 23.8 Å². The quantitative estimate of drug-likeness (QED) is 0.328. The third kappa shape index (κ3) is 4.56. The average molecular weight is 250 g/mol. The number of nitrogens with one attached hydrogen (secondary N) is 2. The van der Waals surface area contributed by atoms with E-state index in [9.17, 15) is 9.59 Å². The lowest BCUT2D eigenvalue weighted by molar-refractivity contribution is -0.139. The smallest absolute Gasteiger partial charge is 0.334 e. The van der Waals surface area contributed by atoms with E-state index < -0.39 is 12.0 Å². The van der Waals surface area contributed by atoms with Gasteiger partial charge in [0, 0.05) is 11.3 Å². The molecule has 0 saturated carbocycles. The first-order valence-corrected chi connectivity index (χ1v) is 5.15. The van der Waals surface area contributed by atoms with Crippen LogP contribution in [0.15, 0.2) is 36.4 Å². The van der Waals surface area contributed by atoms with Gasteiger partial charge in [0.2, 0.25) is 0 Å². The summed E-state index contributed by atoms with van der Waals surface area (Å²) >= 11 is 0. The Morgan fingerprint density at radius 2 is 1.94 bits per heavy atom. The number of phenolic OH excluding ortho intramolecular Hbond substituents is 1. The molecule has 3 N–H and O–H groups in total. The van der Waals surface area contributed by atoms with Gasteiger partial charge in [-0.25, -0.2) is 9.59 Å². The van der Waals surface area contributed by atoms with Crippen molar-refractivity contribution in [3.05, 3.63) is 36.4 Å². The molecule has 0 bridgehead atoms. The molecule has 1 aromatic carbocycles. The highest BCUT2D eigenvalue weighted by Crippen LogP contribution is 2.13. The van der Waals surface area contributed by atoms with E-state index in [2.05, 4.69) is 21.9 Å². The summed E-state index contributed by atoms with van der Waals surface area (Å²) in [5, 5.41) is 13.9. The fraction of sp³-hybridized carbons (Fsp3) is 0.167. The SMILES string of the molecule is C=C(C)C(=O)OCNC(=O)Nc1ccc(O)cc1. The fourth-order valence-corrected chi connectivity index (χ4v) is 1.01. The van der Waals surface area contributed by atoms with Crippen LogP contribution in [0.5, 0.6) is 5.75 Å². The van der Waals surface area contributed by atoms with Crippen molar-refractivity contribution in [2.45, 2.75) is 6.92 Å². The van der Waals surface area contributed by atoms with E-state index in [0.717, 1.165) is 0 Å². The van der Waals surface area contributed by atoms with Crippen molar-refractivity contribution in [3.8, 4) is 5.75 Å². The first kappa shape index (κ1) is 13.6. The summed E-state index contributed by atoms with van der Waals surface area (Å²) in [6.07, 6.45) is 0. The number of anilines is 1. The van der Waals surface area contributed by atoms with Crippen molar-refractivity contribution in [1.29, 1.82) is 0 Å². The zero-order valence-corrected chi connectivity index (χ0v) is 9.90. The molecule has 0 aliphatic carbocycles. The second-order valence-corrected chi connectivity index (χ2v) is 3.53. The first-order chi connectivity index (χ1) is 8.49. The largest absolute Gasteiger partial charge is 0.508 e. The minimum absolute atomic E-state index is 0.108. The van der Waals surface area contributed by atoms with E-state index in [1.165, 1.54) is 31.2 Å². The maximum atomic E-state index is 11.4. The number of phenols is 1. The predicted octanol–water partition coefficient (Wildman–Crippen LogP) is 1.59. The zero-order valence-electron chi connectivity index (χ0n) is 9.90. The van der Waals surface area contributed by atoms with Gasteiger partial charge in [0.25, 0.3) is 0 Å². The van der Waals surface area contributed by atoms with Gasteiger partial charge in [-0.3, -0.25) is 0 Å². The Hall–Kier alpha value is -2.50. The Labute approximate surface area is 104 Å². The molecule has 2 amide bonds. The molecule has 0 aliphatic heterocycles. The molecule has 0 spiro atoms. The number of carbonyl (C=O) groups excluding carboxylic acids is 2. The molecule has 0 saturated heterocycles. The number of aromatic hydroxyl groups is 1. The maximum absolute atomic E-state index is 11.4. The number of amides is 2. The van der Waals surface area contributed by atoms with Gasteiger partial charge in [0.15, 0.2) is 6.73 Å². The summed E-state index contributed by atoms with van der Waals surface area (Å²) < 4.78 is 4.68. The van der Waals surface area contributed by atoms with Gasteiger partial charge in [-0.1, -0.05) is 6.58 Å². The van der Waals surface area contributed by atoms with Crippen molar-refractivity contribution in [2.24, 2.45) is 0 Å². The second kappa shape index (κ2) is 6.29. The molecule has 6 nitrogen and oxygen atoms in total. The highest BCUT2D eigenvalue weighted by atomic mass is 16.5. The summed E-state index contributed by atoms with van der Waals surface area (Å²) in [7, 11) is 0. The third-order valence-corrected chi connectivity index (χ3v) is 1.91. The highest BCUT2D eigenvalue weighted by molar-refractivity contribution is 5.90. The van der Waals surface area contributed by atoms with Gasteiger partial charge >= 0.3 is 12.0 Å². The molecular weight excluding hydrogens is 236 g/mol. The monoisotopic (exact) mass is 250 g/mol. The van der Waals surface area contributed by atoms with Gasteiger partial charge < -0.3 is 20.5 Å². The molecular formula is C12H14N2O4. The van der Waals surface area contributed by atoms with Crippen molar-refractivity contribution in [1.82, 2.24) is 5.32 Å². The Balaban J connectivity index is 2.32. The standard InChI is InChI=1S/C12H14N2O4/c1-8(2)11(16)18-7-13-12(17)14-9-3-5-10(15)6-4-9/h3-6,15H,1,7H2,2H3,(H2,13,14,17). The first-order valence-electron chi connectivity index (χ1n) is 5.15. The van der Waals surface area contributed by atoms with Gasteiger partial charge in [-0.2, -0.15) is 0 Å². The highest BCUT2D eigenvalue weighted by Gasteiger charge is 2.04. The second-order valence-electron chi connectivity index (χ2n) is 3.53. The molecule has 0 aliphatic rings. The average Bonchev–Trinajstić information content (AvgIpc) is 2.32. The summed E-state index contributed by atoms with van der Waals surface area (Å²) in [6, 6.07) is 5.44. The van der Waals surface area contributed by atoms with Crippen LogP contribution in [0.1, 0.15) is 6.92 Å². The maximum Gasteiger partial charge on any atom is 0.334 e. The minimum Gasteiger partial charge on any atom is -0.508 e. The molecule has 0 fully saturated rings. The lowest BCUT2D eigenvalue weighted by Crippen LogP contribution is -2.31. The molecule has 1 rings (SSSR count). The molecule has 0 heterocycles. The molecule has 0 aromatic heterocycles. The van der Waals surface area contributed by atoms with E-state index in [1.807, 2.05) is 0 Å². The molecule has 0 radical (unpaired) electrons. The minimum atomic E-state index is -0.570. The van der Waals surface area contributed by atoms with Crippen molar-refractivity contribution in [2.75, 3.05) is 12.0 Å². The lowest BCUT2D eigenvalue weighted by atomic mass is 10.3. The summed E-state index contributed by atoms with van der Waals surface area (Å²) in [6.45, 7) is 4.67. The Morgan fingerprint density at radius 3 is 2.50 bits per heavy atom. The number of ether oxygens (including phenoxy) is 1. The molecule has 0 atom stereocenters. The van der Waals surface area contributed by atoms with Crippen LogP contribution in [-0.2, 0) is 9.53 Å². The predicted molar refractivity (Wildman–Crippen MR) is 66.0 cm³/mol. The summed E-state index contributed by atoms with van der Waals surface area (Å²) in [5.74, 6) is -0.462. The van der Waals surface area contributed by atoms with Crippen LogP contribution in [0.25, 0.3) is 0 Å². The van der Waals surface area contributed by atoms with E-state index in [-0.39, 0.29) is 18.1 Å². The van der Waals surface area contributed by atoms with E-state index in [1.54, 1.807) is 0 Å². The van der Waals surface area contributed by atoms with Gasteiger partial charge in [-0.15, -0.1) is 0 Å². The van der Waals surface area contributed by atoms with Crippen molar-refractivity contribution >= 4 is 17.7 Å². The fourth-order valence-electron chi connectivity index (χ4n) is 1.01. The van der Waals surface area contributed by atoms with Crippen LogP contribution in [0.3, 0.4) is 0 Å². The van der Waals surface area contributed by atoms with E-state index in [4.69, 9.17) is 5.11 Å². The number of rotatable bonds is 4. The summed E-state index contributed by atoms with van der Waals surface area (Å²) in [5.41, 5.74) is 0.771. The van der Waals surface area contributed by atoms with Crippen LogP contribution >= 0.6 is 0 Å². The molecule has 18 heavy (non-hydrogen) atoms. The van der Waals surface area contributed by atoms with Crippen molar-refractivity contribution in [3.63, 3.8) is 0 Å². The van der Waals surface area contributed by atoms with Crippen LogP contribution in [0.2, 0.25) is 0 Å².